The van der Waals surface area contributed by atoms with E-state index in [0.717, 1.165) is 10.0 Å². The minimum Gasteiger partial charge on any atom is -0.467 e. The lowest BCUT2D eigenvalue weighted by Crippen LogP contribution is -2.40. The Kier molecular flexibility index (Phi) is 4.19. The van der Waals surface area contributed by atoms with Crippen molar-refractivity contribution in [1.29, 1.82) is 0 Å². The summed E-state index contributed by atoms with van der Waals surface area (Å²) in [5.41, 5.74) is 1.04. The normalized spacial score (nSPS) is 11.2. The molecule has 0 saturated carbocycles. The lowest BCUT2D eigenvalue weighted by atomic mass is 10.2. The third kappa shape index (κ3) is 3.01. The van der Waals surface area contributed by atoms with Gasteiger partial charge >= 0.3 is 5.69 Å². The molecule has 0 aliphatic carbocycles. The molecule has 5 nitrogen and oxygen atoms in total. The predicted octanol–water partition coefficient (Wildman–Crippen LogP) is 3.68. The number of thiophene rings is 1. The summed E-state index contributed by atoms with van der Waals surface area (Å²) < 4.78 is 9.72. The Balaban J connectivity index is 1.88. The highest BCUT2D eigenvalue weighted by Gasteiger charge is 2.15. The lowest BCUT2D eigenvalue weighted by Gasteiger charge is -2.11. The van der Waals surface area contributed by atoms with E-state index in [-0.39, 0.29) is 17.8 Å². The van der Waals surface area contributed by atoms with E-state index in [1.54, 1.807) is 16.7 Å². The first-order chi connectivity index (χ1) is 12.1. The van der Waals surface area contributed by atoms with Crippen LogP contribution in [0.1, 0.15) is 11.3 Å². The van der Waals surface area contributed by atoms with Crippen molar-refractivity contribution in [3.63, 3.8) is 0 Å². The molecule has 4 rings (SSSR count). The summed E-state index contributed by atoms with van der Waals surface area (Å²) in [6.07, 6.45) is 1.53. The van der Waals surface area contributed by atoms with Gasteiger partial charge in [-0.2, -0.15) is 0 Å². The molecule has 3 heterocycles. The Morgan fingerprint density at radius 2 is 1.80 bits per heavy atom. The zero-order valence-electron chi connectivity index (χ0n) is 13.0. The Morgan fingerprint density at radius 1 is 1.00 bits per heavy atom. The average Bonchev–Trinajstić information content (AvgIpc) is 3.29. The first-order valence-corrected chi connectivity index (χ1v) is 9.28. The monoisotopic (exact) mass is 416 g/mol. The largest absolute Gasteiger partial charge is 0.467 e. The van der Waals surface area contributed by atoms with Gasteiger partial charge in [0.2, 0.25) is 0 Å². The summed E-state index contributed by atoms with van der Waals surface area (Å²) in [6, 6.07) is 13.1. The number of hydrogen-bond acceptors (Lipinski definition) is 4. The maximum Gasteiger partial charge on any atom is 0.332 e. The Morgan fingerprint density at radius 3 is 2.52 bits per heavy atom. The average molecular weight is 417 g/mol. The molecule has 0 unspecified atom stereocenters. The van der Waals surface area contributed by atoms with Crippen LogP contribution in [0.2, 0.25) is 0 Å². The summed E-state index contributed by atoms with van der Waals surface area (Å²) >= 11 is 4.76. The van der Waals surface area contributed by atoms with E-state index in [2.05, 4.69) is 15.9 Å². The standard InChI is InChI=1S/C18H13BrN2O3S/c19-13-5-3-12(4-6-13)10-20-15-7-9-25-16(15)17(22)21(18(20)23)11-14-2-1-8-24-14/h1-9H,10-11H2. The van der Waals surface area contributed by atoms with E-state index < -0.39 is 0 Å². The van der Waals surface area contributed by atoms with Crippen LogP contribution in [-0.2, 0) is 13.1 Å². The Bertz CT molecular complexity index is 1140. The fraction of sp³-hybridized carbons (Fsp3) is 0.111. The number of furan rings is 1. The van der Waals surface area contributed by atoms with Crippen LogP contribution in [0.4, 0.5) is 0 Å². The molecular weight excluding hydrogens is 404 g/mol. The van der Waals surface area contributed by atoms with Gasteiger partial charge in [-0.3, -0.25) is 13.9 Å². The molecule has 3 aromatic heterocycles. The van der Waals surface area contributed by atoms with E-state index in [4.69, 9.17) is 4.42 Å². The lowest BCUT2D eigenvalue weighted by molar-refractivity contribution is 0.479. The van der Waals surface area contributed by atoms with Crippen molar-refractivity contribution in [1.82, 2.24) is 9.13 Å². The number of rotatable bonds is 4. The molecule has 1 aromatic carbocycles. The highest BCUT2D eigenvalue weighted by atomic mass is 79.9. The van der Waals surface area contributed by atoms with Crippen LogP contribution in [0.5, 0.6) is 0 Å². The minimum absolute atomic E-state index is 0.124. The maximum absolute atomic E-state index is 13.0. The van der Waals surface area contributed by atoms with Gasteiger partial charge in [-0.25, -0.2) is 4.79 Å². The molecule has 25 heavy (non-hydrogen) atoms. The molecule has 0 amide bonds. The first-order valence-electron chi connectivity index (χ1n) is 7.61. The summed E-state index contributed by atoms with van der Waals surface area (Å²) in [5, 5.41) is 1.83. The molecule has 0 spiro atoms. The van der Waals surface area contributed by atoms with Gasteiger partial charge < -0.3 is 4.42 Å². The van der Waals surface area contributed by atoms with Gasteiger partial charge in [0.25, 0.3) is 5.56 Å². The van der Waals surface area contributed by atoms with Crippen LogP contribution in [-0.4, -0.2) is 9.13 Å². The number of benzene rings is 1. The van der Waals surface area contributed by atoms with Gasteiger partial charge in [-0.1, -0.05) is 28.1 Å². The molecule has 0 radical (unpaired) electrons. The number of fused-ring (bicyclic) bond motifs is 1. The van der Waals surface area contributed by atoms with Crippen molar-refractivity contribution in [2.24, 2.45) is 0 Å². The van der Waals surface area contributed by atoms with Crippen molar-refractivity contribution in [2.75, 3.05) is 0 Å². The van der Waals surface area contributed by atoms with Crippen LogP contribution in [0, 0.1) is 0 Å². The van der Waals surface area contributed by atoms with E-state index in [0.29, 0.717) is 22.5 Å². The number of halogens is 1. The highest BCUT2D eigenvalue weighted by Crippen LogP contribution is 2.18. The molecule has 0 aliphatic heterocycles. The quantitative estimate of drug-likeness (QED) is 0.509. The van der Waals surface area contributed by atoms with Crippen LogP contribution >= 0.6 is 27.3 Å². The topological polar surface area (TPSA) is 57.1 Å². The molecule has 0 saturated heterocycles. The second kappa shape index (κ2) is 6.50. The van der Waals surface area contributed by atoms with Crippen LogP contribution < -0.4 is 11.2 Å². The SMILES string of the molecule is O=c1c2sccc2n(Cc2ccc(Br)cc2)c(=O)n1Cc1ccco1. The molecule has 0 N–H and O–H groups in total. The van der Waals surface area contributed by atoms with Gasteiger partial charge in [0.1, 0.15) is 10.5 Å². The van der Waals surface area contributed by atoms with Crippen molar-refractivity contribution >= 4 is 37.5 Å². The highest BCUT2D eigenvalue weighted by molar-refractivity contribution is 9.10. The zero-order valence-corrected chi connectivity index (χ0v) is 15.4. The summed E-state index contributed by atoms with van der Waals surface area (Å²) in [7, 11) is 0. The van der Waals surface area contributed by atoms with E-state index in [9.17, 15) is 9.59 Å². The number of aromatic nitrogens is 2. The third-order valence-corrected chi connectivity index (χ3v) is 5.40. The summed E-state index contributed by atoms with van der Waals surface area (Å²) in [5.74, 6) is 0.574. The molecule has 0 bridgehead atoms. The second-order valence-electron chi connectivity index (χ2n) is 5.60. The first kappa shape index (κ1) is 16.1. The predicted molar refractivity (Wildman–Crippen MR) is 101 cm³/mol. The minimum atomic E-state index is -0.338. The second-order valence-corrected chi connectivity index (χ2v) is 7.43. The summed E-state index contributed by atoms with van der Waals surface area (Å²) in [6.45, 7) is 0.524. The molecule has 126 valence electrons. The van der Waals surface area contributed by atoms with Crippen LogP contribution in [0.25, 0.3) is 10.2 Å². The molecule has 4 aromatic rings. The van der Waals surface area contributed by atoms with Gasteiger partial charge in [0.05, 0.1) is 24.9 Å². The van der Waals surface area contributed by atoms with Crippen LogP contribution in [0.15, 0.2) is 72.6 Å². The third-order valence-electron chi connectivity index (χ3n) is 3.98. The molecule has 0 aliphatic rings. The number of nitrogens with zero attached hydrogens (tertiary/aromatic N) is 2. The molecule has 7 heteroatoms. The fourth-order valence-corrected chi connectivity index (χ4v) is 3.86. The van der Waals surface area contributed by atoms with Gasteiger partial charge in [-0.05, 0) is 41.3 Å². The Hall–Kier alpha value is -2.38. The van der Waals surface area contributed by atoms with E-state index in [1.165, 1.54) is 22.2 Å². The number of hydrogen-bond donors (Lipinski definition) is 0. The van der Waals surface area contributed by atoms with E-state index >= 15 is 0 Å². The van der Waals surface area contributed by atoms with Gasteiger partial charge in [-0.15, -0.1) is 11.3 Å². The summed E-state index contributed by atoms with van der Waals surface area (Å²) in [4.78, 5) is 25.7. The maximum atomic E-state index is 13.0. The molecule has 0 atom stereocenters. The molecular formula is C18H13BrN2O3S. The smallest absolute Gasteiger partial charge is 0.332 e. The van der Waals surface area contributed by atoms with Crippen LogP contribution in [0.3, 0.4) is 0 Å². The fourth-order valence-electron chi connectivity index (χ4n) is 2.76. The zero-order chi connectivity index (χ0) is 17.4. The van der Waals surface area contributed by atoms with Gasteiger partial charge in [0, 0.05) is 4.47 Å². The van der Waals surface area contributed by atoms with Crippen molar-refractivity contribution in [2.45, 2.75) is 13.1 Å². The molecule has 0 fully saturated rings. The van der Waals surface area contributed by atoms with Crippen molar-refractivity contribution < 1.29 is 4.42 Å². The van der Waals surface area contributed by atoms with Crippen molar-refractivity contribution in [3.05, 3.63) is 90.7 Å². The Labute approximate surface area is 154 Å². The van der Waals surface area contributed by atoms with Crippen molar-refractivity contribution in [3.8, 4) is 0 Å². The van der Waals surface area contributed by atoms with Gasteiger partial charge in [0.15, 0.2) is 0 Å². The van der Waals surface area contributed by atoms with E-state index in [1.807, 2.05) is 35.7 Å².